The summed E-state index contributed by atoms with van der Waals surface area (Å²) in [7, 11) is 1.71. The maximum atomic E-state index is 12.1. The van der Waals surface area contributed by atoms with E-state index in [1.54, 1.807) is 7.11 Å². The minimum atomic E-state index is 0.210. The summed E-state index contributed by atoms with van der Waals surface area (Å²) in [6, 6.07) is 8.81. The van der Waals surface area contributed by atoms with E-state index >= 15 is 0 Å². The molecule has 5 nitrogen and oxygen atoms in total. The highest BCUT2D eigenvalue weighted by molar-refractivity contribution is 5.76. The van der Waals surface area contributed by atoms with Crippen molar-refractivity contribution in [2.75, 3.05) is 46.4 Å². The van der Waals surface area contributed by atoms with Crippen molar-refractivity contribution in [3.63, 3.8) is 0 Å². The van der Waals surface area contributed by atoms with Gasteiger partial charge in [0.2, 0.25) is 5.91 Å². The molecule has 1 unspecified atom stereocenters. The quantitative estimate of drug-likeness (QED) is 0.755. The first kappa shape index (κ1) is 18.8. The summed E-state index contributed by atoms with van der Waals surface area (Å²) in [5, 5.41) is 0. The van der Waals surface area contributed by atoms with Crippen molar-refractivity contribution >= 4 is 5.91 Å². The molecule has 2 saturated heterocycles. The number of hydrogen-bond donors (Lipinski definition) is 0. The molecule has 0 radical (unpaired) electrons. The lowest BCUT2D eigenvalue weighted by Crippen LogP contribution is -2.50. The van der Waals surface area contributed by atoms with Gasteiger partial charge in [-0.2, -0.15) is 0 Å². The number of amides is 1. The van der Waals surface area contributed by atoms with Gasteiger partial charge in [-0.05, 0) is 30.5 Å². The Hall–Kier alpha value is -2.03. The Balaban J connectivity index is 1.49. The highest BCUT2D eigenvalue weighted by Crippen LogP contribution is 2.20. The monoisotopic (exact) mass is 355 g/mol. The van der Waals surface area contributed by atoms with Crippen LogP contribution in [-0.4, -0.2) is 73.0 Å². The topological polar surface area (TPSA) is 36.0 Å². The number of carbonyl (C=O) groups excluding carboxylic acids is 1. The van der Waals surface area contributed by atoms with Crippen LogP contribution in [0, 0.1) is 12.3 Å². The molecule has 2 aliphatic rings. The van der Waals surface area contributed by atoms with Crippen LogP contribution in [-0.2, 0) is 11.3 Å². The van der Waals surface area contributed by atoms with Crippen molar-refractivity contribution in [3.8, 4) is 18.1 Å². The van der Waals surface area contributed by atoms with E-state index in [0.717, 1.165) is 57.9 Å². The Morgan fingerprint density at radius 3 is 2.73 bits per heavy atom. The number of ether oxygens (including phenoxy) is 1. The average molecular weight is 355 g/mol. The van der Waals surface area contributed by atoms with Crippen LogP contribution in [0.1, 0.15) is 24.8 Å². The fourth-order valence-corrected chi connectivity index (χ4v) is 3.98. The zero-order chi connectivity index (χ0) is 18.4. The molecule has 2 fully saturated rings. The number of hydrogen-bond acceptors (Lipinski definition) is 4. The van der Waals surface area contributed by atoms with Gasteiger partial charge in [-0.15, -0.1) is 6.42 Å². The number of rotatable bonds is 5. The standard InChI is InChI=1S/C21H29N3O2/c1-3-10-24-11-9-19(7-8-21(24)25)23-14-12-22(13-15-23)17-18-5-4-6-20(16-18)26-2/h1,4-6,16,19H,7-15,17H2,2H3. The lowest BCUT2D eigenvalue weighted by Gasteiger charge is -2.39. The molecule has 140 valence electrons. The van der Waals surface area contributed by atoms with Crippen molar-refractivity contribution < 1.29 is 9.53 Å². The smallest absolute Gasteiger partial charge is 0.223 e. The molecule has 0 N–H and O–H groups in total. The number of carbonyl (C=O) groups is 1. The minimum Gasteiger partial charge on any atom is -0.497 e. The van der Waals surface area contributed by atoms with Crippen molar-refractivity contribution in [2.24, 2.45) is 0 Å². The zero-order valence-corrected chi connectivity index (χ0v) is 15.7. The zero-order valence-electron chi connectivity index (χ0n) is 15.7. The SMILES string of the molecule is C#CCN1CCC(N2CCN(Cc3cccc(OC)c3)CC2)CCC1=O. The van der Waals surface area contributed by atoms with Crippen LogP contribution in [0.3, 0.4) is 0 Å². The molecule has 0 saturated carbocycles. The van der Waals surface area contributed by atoms with Crippen LogP contribution >= 0.6 is 0 Å². The summed E-state index contributed by atoms with van der Waals surface area (Å²) in [6.07, 6.45) is 7.99. The van der Waals surface area contributed by atoms with Gasteiger partial charge in [0.25, 0.3) is 0 Å². The van der Waals surface area contributed by atoms with E-state index in [2.05, 4.69) is 33.9 Å². The van der Waals surface area contributed by atoms with Gasteiger partial charge in [0.1, 0.15) is 5.75 Å². The van der Waals surface area contributed by atoms with Crippen molar-refractivity contribution in [1.29, 1.82) is 0 Å². The van der Waals surface area contributed by atoms with Crippen molar-refractivity contribution in [3.05, 3.63) is 29.8 Å². The highest BCUT2D eigenvalue weighted by atomic mass is 16.5. The Bertz CT molecular complexity index is 647. The molecule has 1 aromatic carbocycles. The van der Waals surface area contributed by atoms with Gasteiger partial charge in [-0.25, -0.2) is 0 Å². The fraction of sp³-hybridized carbons (Fsp3) is 0.571. The minimum absolute atomic E-state index is 0.210. The number of likely N-dealkylation sites (tertiary alicyclic amines) is 1. The first-order valence-corrected chi connectivity index (χ1v) is 9.50. The second-order valence-corrected chi connectivity index (χ2v) is 7.16. The van der Waals surface area contributed by atoms with Crippen molar-refractivity contribution in [1.82, 2.24) is 14.7 Å². The van der Waals surface area contributed by atoms with Crippen LogP contribution in [0.4, 0.5) is 0 Å². The summed E-state index contributed by atoms with van der Waals surface area (Å²) in [6.45, 7) is 6.46. The normalized spacial score (nSPS) is 22.7. The molecule has 0 aromatic heterocycles. The summed E-state index contributed by atoms with van der Waals surface area (Å²) < 4.78 is 5.32. The highest BCUT2D eigenvalue weighted by Gasteiger charge is 2.28. The Morgan fingerprint density at radius 2 is 2.00 bits per heavy atom. The Morgan fingerprint density at radius 1 is 1.19 bits per heavy atom. The molecule has 2 aliphatic heterocycles. The van der Waals surface area contributed by atoms with Crippen molar-refractivity contribution in [2.45, 2.75) is 31.8 Å². The van der Waals surface area contributed by atoms with Gasteiger partial charge in [-0.3, -0.25) is 14.6 Å². The van der Waals surface area contributed by atoms with Gasteiger partial charge in [-0.1, -0.05) is 18.1 Å². The van der Waals surface area contributed by atoms with Gasteiger partial charge in [0.05, 0.1) is 13.7 Å². The van der Waals surface area contributed by atoms with Gasteiger partial charge in [0, 0.05) is 51.7 Å². The molecule has 26 heavy (non-hydrogen) atoms. The predicted octanol–water partition coefficient (Wildman–Crippen LogP) is 1.83. The third kappa shape index (κ3) is 4.78. The maximum Gasteiger partial charge on any atom is 0.223 e. The lowest BCUT2D eigenvalue weighted by atomic mass is 10.1. The number of methoxy groups -OCH3 is 1. The lowest BCUT2D eigenvalue weighted by molar-refractivity contribution is -0.130. The summed E-state index contributed by atoms with van der Waals surface area (Å²) in [5.74, 6) is 3.73. The third-order valence-corrected chi connectivity index (χ3v) is 5.52. The van der Waals surface area contributed by atoms with Crippen LogP contribution < -0.4 is 4.74 Å². The number of benzene rings is 1. The predicted molar refractivity (Wildman–Crippen MR) is 103 cm³/mol. The van der Waals surface area contributed by atoms with Crippen LogP contribution in [0.5, 0.6) is 5.75 Å². The Labute approximate surface area is 156 Å². The molecule has 5 heteroatoms. The van der Waals surface area contributed by atoms with Crippen LogP contribution in [0.2, 0.25) is 0 Å². The van der Waals surface area contributed by atoms with E-state index in [-0.39, 0.29) is 5.91 Å². The summed E-state index contributed by atoms with van der Waals surface area (Å²) >= 11 is 0. The van der Waals surface area contributed by atoms with E-state index in [9.17, 15) is 4.79 Å². The second-order valence-electron chi connectivity index (χ2n) is 7.16. The molecule has 0 spiro atoms. The van der Waals surface area contributed by atoms with E-state index < -0.39 is 0 Å². The largest absolute Gasteiger partial charge is 0.497 e. The number of piperazine rings is 1. The molecule has 1 aromatic rings. The van der Waals surface area contributed by atoms with Gasteiger partial charge in [0.15, 0.2) is 0 Å². The van der Waals surface area contributed by atoms with Crippen LogP contribution in [0.25, 0.3) is 0 Å². The van der Waals surface area contributed by atoms with Crippen LogP contribution in [0.15, 0.2) is 24.3 Å². The molecule has 0 bridgehead atoms. The molecule has 3 rings (SSSR count). The molecule has 1 amide bonds. The first-order valence-electron chi connectivity index (χ1n) is 9.50. The maximum absolute atomic E-state index is 12.1. The third-order valence-electron chi connectivity index (χ3n) is 5.52. The summed E-state index contributed by atoms with van der Waals surface area (Å²) in [4.78, 5) is 19.0. The molecule has 1 atom stereocenters. The number of nitrogens with zero attached hydrogens (tertiary/aromatic N) is 3. The number of terminal acetylenes is 1. The second kappa shape index (κ2) is 9.07. The van der Waals surface area contributed by atoms with E-state index in [1.807, 2.05) is 11.0 Å². The molecular weight excluding hydrogens is 326 g/mol. The Kier molecular flexibility index (Phi) is 6.54. The average Bonchev–Trinajstić information content (AvgIpc) is 2.85. The van der Waals surface area contributed by atoms with E-state index in [0.29, 0.717) is 19.0 Å². The van der Waals surface area contributed by atoms with E-state index in [4.69, 9.17) is 11.2 Å². The van der Waals surface area contributed by atoms with Gasteiger partial charge < -0.3 is 9.64 Å². The first-order chi connectivity index (χ1) is 12.7. The molecule has 2 heterocycles. The molecule has 0 aliphatic carbocycles. The van der Waals surface area contributed by atoms with Gasteiger partial charge >= 0.3 is 0 Å². The summed E-state index contributed by atoms with van der Waals surface area (Å²) in [5.41, 5.74) is 1.29. The molecular formula is C21H29N3O2. The van der Waals surface area contributed by atoms with E-state index in [1.165, 1.54) is 5.56 Å². The fourth-order valence-electron chi connectivity index (χ4n) is 3.98.